The second-order valence-corrected chi connectivity index (χ2v) is 8.82. The fourth-order valence-electron chi connectivity index (χ4n) is 4.03. The van der Waals surface area contributed by atoms with Gasteiger partial charge in [0.2, 0.25) is 0 Å². The normalized spacial score (nSPS) is 12.3. The lowest BCUT2D eigenvalue weighted by molar-refractivity contribution is 0.566. The van der Waals surface area contributed by atoms with Gasteiger partial charge in [-0.2, -0.15) is 4.91 Å². The molecule has 3 aromatic rings. The molecule has 1 atom stereocenters. The molecular formula is C29H31F2N3O2. The minimum absolute atomic E-state index is 0.296. The number of aromatic nitrogens is 1. The van der Waals surface area contributed by atoms with E-state index >= 15 is 0 Å². The van der Waals surface area contributed by atoms with Crippen molar-refractivity contribution in [2.45, 2.75) is 46.6 Å². The Kier molecular flexibility index (Phi) is 8.69. The molecule has 1 aromatic heterocycles. The maximum Gasteiger partial charge on any atom is 0.255 e. The van der Waals surface area contributed by atoms with Gasteiger partial charge in [0.05, 0.1) is 5.69 Å². The second kappa shape index (κ2) is 11.7. The van der Waals surface area contributed by atoms with Gasteiger partial charge >= 0.3 is 0 Å². The second-order valence-electron chi connectivity index (χ2n) is 8.82. The Morgan fingerprint density at radius 3 is 2.47 bits per heavy atom. The van der Waals surface area contributed by atoms with Crippen LogP contribution in [0.1, 0.15) is 67.6 Å². The lowest BCUT2D eigenvalue weighted by Crippen LogP contribution is -2.24. The Bertz CT molecular complexity index is 1360. The maximum atomic E-state index is 14.9. The number of benzene rings is 2. The molecule has 0 fully saturated rings. The molecule has 2 aromatic carbocycles. The number of allylic oxidation sites excluding steroid dienone is 1. The predicted molar refractivity (Wildman–Crippen MR) is 142 cm³/mol. The molecule has 0 radical (unpaired) electrons. The van der Waals surface area contributed by atoms with Crippen molar-refractivity contribution in [3.05, 3.63) is 116 Å². The van der Waals surface area contributed by atoms with E-state index in [1.807, 2.05) is 32.0 Å². The lowest BCUT2D eigenvalue weighted by atomic mass is 9.91. The van der Waals surface area contributed by atoms with Gasteiger partial charge in [-0.15, -0.1) is 0 Å². The van der Waals surface area contributed by atoms with Crippen molar-refractivity contribution in [1.29, 1.82) is 0 Å². The zero-order valence-corrected chi connectivity index (χ0v) is 21.1. The molecular weight excluding hydrogens is 460 g/mol. The average molecular weight is 492 g/mol. The van der Waals surface area contributed by atoms with Crippen LogP contribution in [0.3, 0.4) is 0 Å². The SMILES string of the molecule is C=C(c1cc(C(C)N=O)ccc1C)c1ccc(=O)n(-c2c(F)cccc2F)c1/C=C(\C)NCCCC. The summed E-state index contributed by atoms with van der Waals surface area (Å²) in [4.78, 5) is 24.2. The maximum absolute atomic E-state index is 14.9. The van der Waals surface area contributed by atoms with Gasteiger partial charge in [0.15, 0.2) is 0 Å². The van der Waals surface area contributed by atoms with E-state index < -0.39 is 28.9 Å². The van der Waals surface area contributed by atoms with E-state index in [-0.39, 0.29) is 0 Å². The molecule has 0 aliphatic rings. The molecule has 0 amide bonds. The summed E-state index contributed by atoms with van der Waals surface area (Å²) in [6, 6.07) is 11.4. The number of para-hydroxylation sites is 1. The van der Waals surface area contributed by atoms with Gasteiger partial charge in [0, 0.05) is 23.9 Å². The fourth-order valence-corrected chi connectivity index (χ4v) is 4.03. The molecule has 0 bridgehead atoms. The number of halogens is 2. The Morgan fingerprint density at radius 2 is 1.83 bits per heavy atom. The van der Waals surface area contributed by atoms with Crippen LogP contribution < -0.4 is 10.9 Å². The predicted octanol–water partition coefficient (Wildman–Crippen LogP) is 7.06. The highest BCUT2D eigenvalue weighted by molar-refractivity contribution is 5.84. The zero-order chi connectivity index (χ0) is 26.4. The van der Waals surface area contributed by atoms with Crippen molar-refractivity contribution in [3.63, 3.8) is 0 Å². The van der Waals surface area contributed by atoms with Gasteiger partial charge in [-0.3, -0.25) is 9.36 Å². The van der Waals surface area contributed by atoms with Crippen LogP contribution in [0.2, 0.25) is 0 Å². The van der Waals surface area contributed by atoms with Crippen LogP contribution in [-0.4, -0.2) is 11.1 Å². The van der Waals surface area contributed by atoms with Crippen molar-refractivity contribution in [2.24, 2.45) is 5.18 Å². The molecule has 1 N–H and O–H groups in total. The smallest absolute Gasteiger partial charge is 0.255 e. The number of pyridine rings is 1. The number of aryl methyl sites for hydroxylation is 1. The lowest BCUT2D eigenvalue weighted by Gasteiger charge is -2.20. The number of hydrogen-bond acceptors (Lipinski definition) is 4. The summed E-state index contributed by atoms with van der Waals surface area (Å²) in [5, 5.41) is 6.40. The quantitative estimate of drug-likeness (QED) is 0.244. The van der Waals surface area contributed by atoms with Gasteiger partial charge in [0.1, 0.15) is 23.4 Å². The van der Waals surface area contributed by atoms with Crippen molar-refractivity contribution in [1.82, 2.24) is 9.88 Å². The highest BCUT2D eigenvalue weighted by atomic mass is 19.1. The first-order valence-corrected chi connectivity index (χ1v) is 11.9. The molecule has 0 saturated heterocycles. The van der Waals surface area contributed by atoms with E-state index in [0.29, 0.717) is 16.8 Å². The van der Waals surface area contributed by atoms with Crippen molar-refractivity contribution in [2.75, 3.05) is 6.54 Å². The minimum Gasteiger partial charge on any atom is -0.389 e. The topological polar surface area (TPSA) is 63.5 Å². The Balaban J connectivity index is 2.30. The highest BCUT2D eigenvalue weighted by Gasteiger charge is 2.20. The molecule has 36 heavy (non-hydrogen) atoms. The number of unbranched alkanes of at least 4 members (excludes halogenated alkanes) is 1. The average Bonchev–Trinajstić information content (AvgIpc) is 2.85. The zero-order valence-electron chi connectivity index (χ0n) is 21.1. The summed E-state index contributed by atoms with van der Waals surface area (Å²) in [6.07, 6.45) is 3.66. The molecule has 1 heterocycles. The molecule has 1 unspecified atom stereocenters. The van der Waals surface area contributed by atoms with E-state index in [4.69, 9.17) is 0 Å². The molecule has 188 valence electrons. The third-order valence-electron chi connectivity index (χ3n) is 6.13. The number of rotatable bonds is 10. The van der Waals surface area contributed by atoms with Crippen LogP contribution in [0.25, 0.3) is 17.3 Å². The van der Waals surface area contributed by atoms with E-state index in [1.165, 1.54) is 12.1 Å². The van der Waals surface area contributed by atoms with E-state index in [0.717, 1.165) is 58.5 Å². The summed E-state index contributed by atoms with van der Waals surface area (Å²) >= 11 is 0. The van der Waals surface area contributed by atoms with E-state index in [2.05, 4.69) is 24.0 Å². The molecule has 0 aliphatic heterocycles. The monoisotopic (exact) mass is 491 g/mol. The van der Waals surface area contributed by atoms with Crippen LogP contribution in [0.4, 0.5) is 8.78 Å². The van der Waals surface area contributed by atoms with Crippen LogP contribution in [-0.2, 0) is 0 Å². The molecule has 0 spiro atoms. The Labute approximate surface area is 210 Å². The molecule has 0 saturated carbocycles. The number of nitroso groups, excluding NO2 is 1. The van der Waals surface area contributed by atoms with Crippen molar-refractivity contribution < 1.29 is 8.78 Å². The van der Waals surface area contributed by atoms with Crippen LogP contribution in [0, 0.1) is 23.5 Å². The van der Waals surface area contributed by atoms with Crippen LogP contribution in [0.5, 0.6) is 0 Å². The van der Waals surface area contributed by atoms with Gasteiger partial charge in [-0.05, 0) is 79.8 Å². The van der Waals surface area contributed by atoms with E-state index in [9.17, 15) is 18.5 Å². The third-order valence-corrected chi connectivity index (χ3v) is 6.13. The van der Waals surface area contributed by atoms with Crippen molar-refractivity contribution >= 4 is 11.6 Å². The number of nitrogens with one attached hydrogen (secondary N) is 1. The Morgan fingerprint density at radius 1 is 1.14 bits per heavy atom. The van der Waals surface area contributed by atoms with Crippen LogP contribution >= 0.6 is 0 Å². The van der Waals surface area contributed by atoms with Gasteiger partial charge in [0.25, 0.3) is 5.56 Å². The third kappa shape index (κ3) is 5.67. The standard InChI is InChI=1S/C29H31F2N3O2/c1-6-7-15-32-19(3)16-27-23(20(4)24-17-22(21(5)33-36)12-11-18(24)2)13-14-28(35)34(27)29-25(30)9-8-10-26(29)31/h8-14,16-17,21,32H,4,6-7,15H2,1-3,5H3/b19-16+. The number of nitrogens with zero attached hydrogens (tertiary/aromatic N) is 2. The number of hydrogen-bond donors (Lipinski definition) is 1. The molecule has 0 aliphatic carbocycles. The first kappa shape index (κ1) is 26.7. The highest BCUT2D eigenvalue weighted by Crippen LogP contribution is 2.32. The molecule has 7 heteroatoms. The Hall–Kier alpha value is -3.87. The first-order chi connectivity index (χ1) is 17.2. The summed E-state index contributed by atoms with van der Waals surface area (Å²) in [7, 11) is 0. The fraction of sp³-hybridized carbons (Fsp3) is 0.276. The van der Waals surface area contributed by atoms with E-state index in [1.54, 1.807) is 19.1 Å². The van der Waals surface area contributed by atoms with Gasteiger partial charge in [-0.1, -0.05) is 43.3 Å². The van der Waals surface area contributed by atoms with Gasteiger partial charge < -0.3 is 5.32 Å². The first-order valence-electron chi connectivity index (χ1n) is 11.9. The summed E-state index contributed by atoms with van der Waals surface area (Å²) in [5.41, 5.74) is 3.43. The molecule has 5 nitrogen and oxygen atoms in total. The minimum atomic E-state index is -0.852. The summed E-state index contributed by atoms with van der Waals surface area (Å²) in [6.45, 7) is 12.5. The largest absolute Gasteiger partial charge is 0.389 e. The summed E-state index contributed by atoms with van der Waals surface area (Å²) in [5.74, 6) is -1.70. The van der Waals surface area contributed by atoms with Gasteiger partial charge in [-0.25, -0.2) is 8.78 Å². The molecule has 3 rings (SSSR count). The summed E-state index contributed by atoms with van der Waals surface area (Å²) < 4.78 is 30.8. The van der Waals surface area contributed by atoms with Crippen LogP contribution in [0.15, 0.2) is 70.8 Å². The van der Waals surface area contributed by atoms with Crippen molar-refractivity contribution in [3.8, 4) is 5.69 Å².